The number of carbonyl (C=O) groups excluding carboxylic acids is 3. The Kier molecular flexibility index (Phi) is 32.3. The molecule has 10 aliphatic rings. The summed E-state index contributed by atoms with van der Waals surface area (Å²) in [5.41, 5.74) is 10.9. The number of hydrogen-bond donors (Lipinski definition) is 8. The molecule has 0 radical (unpaired) electrons. The Morgan fingerprint density at radius 1 is 0.430 bits per heavy atom. The molecule has 28 heteroatoms. The van der Waals surface area contributed by atoms with Crippen molar-refractivity contribution >= 4 is 40.7 Å². The van der Waals surface area contributed by atoms with Crippen molar-refractivity contribution in [3.8, 4) is 46.0 Å². The number of aliphatic hydroxyl groups excluding tert-OH is 4. The summed E-state index contributed by atoms with van der Waals surface area (Å²) in [5.74, 6) is -1.23. The maximum Gasteiger partial charge on any atom is 0.407 e. The Morgan fingerprint density at radius 3 is 1.12 bits per heavy atom. The summed E-state index contributed by atoms with van der Waals surface area (Å²) in [4.78, 5) is 44.9. The van der Waals surface area contributed by atoms with E-state index in [1.54, 1.807) is 36.4 Å². The van der Waals surface area contributed by atoms with E-state index in [0.29, 0.717) is 169 Å². The summed E-state index contributed by atoms with van der Waals surface area (Å²) < 4.78 is 91.3. The van der Waals surface area contributed by atoms with Gasteiger partial charge in [-0.15, -0.1) is 0 Å². The minimum absolute atomic E-state index is 0. The van der Waals surface area contributed by atoms with E-state index >= 15 is 8.78 Å². The van der Waals surface area contributed by atoms with E-state index in [0.717, 1.165) is 60.7 Å². The predicted molar refractivity (Wildman–Crippen MR) is 457 cm³/mol. The number of furan rings is 1. The molecule has 6 fully saturated rings. The zero-order valence-electron chi connectivity index (χ0n) is 65.5. The smallest absolute Gasteiger partial charge is 0.407 e. The topological polar surface area (TPSA) is 309 Å². The fraction of sp³-hybridized carbons (Fsp3) is 0.495. The van der Waals surface area contributed by atoms with Crippen LogP contribution in [0.15, 0.2) is 162 Å². The van der Waals surface area contributed by atoms with Crippen LogP contribution in [-0.4, -0.2) is 186 Å². The van der Waals surface area contributed by atoms with E-state index in [9.17, 15) is 34.8 Å². The fourth-order valence-electron chi connectivity index (χ4n) is 17.9. The van der Waals surface area contributed by atoms with Crippen molar-refractivity contribution in [1.82, 2.24) is 30.7 Å². The van der Waals surface area contributed by atoms with Gasteiger partial charge in [0.05, 0.1) is 30.3 Å². The lowest BCUT2D eigenvalue weighted by Gasteiger charge is -2.32. The van der Waals surface area contributed by atoms with Crippen molar-refractivity contribution in [2.45, 2.75) is 224 Å². The standard InChI is InChI=1S/C27H27ClF2N2O5.C25H30N2O5.C20H23NO5.C17H24N2O3.4CH4/c28-17-2-8-21-16(11-17)13-24(37-21)27(29,30)26(34)31-20(14-32-18-3-4-19(32)6-5-18)25(33)15-1-7-22-23(12-15)36-10-9-35-22;28-24(18-6-11-22-23(14-18)31-13-12-30-22)21(15-27-19-7-8-20(27)10-9-19)26-25(29)32-16-17-4-2-1-3-5-17;1-2-16(21-20(23)26-13-14-6-4-3-5-7-14)19(22)15-8-9-17-18(12-15)25-11-10-24-17;18-14(10-19-12-2-3-13(19)5-4-12)17(20)11-1-6-15-16(9-11)22-8-7-21-15;;;;/h1-2,7-8,11-13,18-20,25,33H,3-6,9-10,14H2,(H,31,34);1-6,11,14,19-21,24,28H,7-10,12-13,15-16H2,(H,26,29);3-9,12,16,19,22H,2,10-11,13H2,1H3,(H,21,23);1,6,9,12-14,17,20H,2-5,7-8,10,18H2;4*1H4/t18?,19?,20-,25-;19?,20?,21-,24-;16-,19-;12?,13?,14-,17-;;;;/m1111..../s1. The highest BCUT2D eigenvalue weighted by Gasteiger charge is 2.49. The van der Waals surface area contributed by atoms with Crippen LogP contribution in [0, 0.1) is 0 Å². The number of nitrogens with zero attached hydrogens (tertiary/aromatic N) is 3. The van der Waals surface area contributed by atoms with Crippen molar-refractivity contribution in [3.63, 3.8) is 0 Å². The largest absolute Gasteiger partial charge is 0.486 e. The zero-order valence-corrected chi connectivity index (χ0v) is 66.3. The quantitative estimate of drug-likeness (QED) is 0.0279. The molecule has 1 aromatic heterocycles. The third kappa shape index (κ3) is 22.2. The van der Waals surface area contributed by atoms with Gasteiger partial charge in [0.15, 0.2) is 51.8 Å². The van der Waals surface area contributed by atoms with Gasteiger partial charge < -0.3 is 93.9 Å². The molecule has 8 aromatic rings. The number of benzene rings is 7. The number of amides is 3. The number of alkyl carbamates (subject to hydrolysis) is 2. The molecule has 8 atom stereocenters. The highest BCUT2D eigenvalue weighted by atomic mass is 35.5. The molecule has 0 aliphatic carbocycles. The van der Waals surface area contributed by atoms with Gasteiger partial charge in [-0.1, -0.05) is 133 Å². The monoisotopic (exact) mass is 1700 g/mol. The van der Waals surface area contributed by atoms with Crippen LogP contribution < -0.4 is 59.6 Å². The van der Waals surface area contributed by atoms with E-state index in [2.05, 4.69) is 30.7 Å². The molecule has 121 heavy (non-hydrogen) atoms. The molecule has 0 spiro atoms. The molecule has 9 N–H and O–H groups in total. The lowest BCUT2D eigenvalue weighted by atomic mass is 10.00. The van der Waals surface area contributed by atoms with Crippen molar-refractivity contribution < 1.29 is 95.4 Å². The van der Waals surface area contributed by atoms with Crippen molar-refractivity contribution in [3.05, 3.63) is 202 Å². The number of halogens is 3. The first kappa shape index (κ1) is 92.0. The summed E-state index contributed by atoms with van der Waals surface area (Å²) >= 11 is 5.96. The molecule has 18 rings (SSSR count). The highest BCUT2D eigenvalue weighted by molar-refractivity contribution is 6.31. The molecule has 25 nitrogen and oxygen atoms in total. The third-order valence-electron chi connectivity index (χ3n) is 24.1. The first-order chi connectivity index (χ1) is 56.9. The molecular formula is C93H120ClF2N7O18. The highest BCUT2D eigenvalue weighted by Crippen LogP contribution is 2.44. The Hall–Kier alpha value is -9.68. The van der Waals surface area contributed by atoms with Crippen molar-refractivity contribution in [2.24, 2.45) is 5.73 Å². The van der Waals surface area contributed by atoms with Crippen LogP contribution in [0.2, 0.25) is 5.02 Å². The van der Waals surface area contributed by atoms with Crippen LogP contribution in [0.1, 0.15) is 184 Å². The molecular weight excluding hydrogens is 1580 g/mol. The molecule has 0 saturated carbocycles. The van der Waals surface area contributed by atoms with E-state index in [-0.39, 0.29) is 61.1 Å². The van der Waals surface area contributed by atoms with Crippen LogP contribution >= 0.6 is 11.6 Å². The SMILES string of the molecule is C.C.C.C.CC[C@@H](NC(=O)OCc1ccccc1)[C@H](O)c1ccc2c(c1)OCCO2.N[C@H](CN1C2CCC1CC2)[C@H](O)c1ccc2c(c1)OCCO2.O=C(N[C@H](CN1C2CCC1CC2)[C@H](O)c1ccc2c(c1)OCCO2)C(F)(F)c1cc2cc(Cl)ccc2o1.O=C(N[C@H](CN1C2CCC1CC2)[C@H](O)c1ccc2c(c1)OCCO2)OCc1ccccc1. The summed E-state index contributed by atoms with van der Waals surface area (Å²) in [7, 11) is 0. The second-order valence-electron chi connectivity index (χ2n) is 31.5. The minimum Gasteiger partial charge on any atom is -0.486 e. The normalized spacial score (nSPS) is 21.8. The average molecular weight is 1700 g/mol. The van der Waals surface area contributed by atoms with Crippen LogP contribution in [0.5, 0.6) is 46.0 Å². The van der Waals surface area contributed by atoms with Gasteiger partial charge in [-0.05, 0) is 190 Å². The number of nitrogens with one attached hydrogen (secondary N) is 3. The van der Waals surface area contributed by atoms with Crippen LogP contribution in [0.4, 0.5) is 18.4 Å². The maximum absolute atomic E-state index is 15.3. The molecule has 11 heterocycles. The van der Waals surface area contributed by atoms with E-state index in [1.165, 1.54) is 69.6 Å². The summed E-state index contributed by atoms with van der Waals surface area (Å²) in [5, 5.41) is 52.7. The average Bonchev–Trinajstić information content (AvgIpc) is 1.39. The van der Waals surface area contributed by atoms with Crippen LogP contribution in [0.25, 0.3) is 11.0 Å². The first-order valence-corrected chi connectivity index (χ1v) is 41.4. The lowest BCUT2D eigenvalue weighted by Crippen LogP contribution is -2.52. The van der Waals surface area contributed by atoms with Gasteiger partial charge in [0.2, 0.25) is 0 Å². The number of fused-ring (bicyclic) bond motifs is 11. The molecule has 0 unspecified atom stereocenters. The number of aliphatic hydroxyl groups is 4. The first-order valence-electron chi connectivity index (χ1n) is 41.0. The van der Waals surface area contributed by atoms with Crippen LogP contribution in [-0.2, 0) is 33.4 Å². The number of carbonyl (C=O) groups is 3. The molecule has 6 bridgehead atoms. The summed E-state index contributed by atoms with van der Waals surface area (Å²) in [6, 6.07) is 46.9. The van der Waals surface area contributed by atoms with Gasteiger partial charge in [0.1, 0.15) is 83.9 Å². The maximum atomic E-state index is 15.3. The van der Waals surface area contributed by atoms with Gasteiger partial charge in [-0.3, -0.25) is 19.5 Å². The van der Waals surface area contributed by atoms with Gasteiger partial charge in [0, 0.05) is 72.3 Å². The summed E-state index contributed by atoms with van der Waals surface area (Å²) in [6.07, 6.45) is 9.83. The molecule has 10 aliphatic heterocycles. The molecule has 6 saturated heterocycles. The Bertz CT molecular complexity index is 4630. The number of alkyl halides is 2. The Labute approximate surface area is 713 Å². The van der Waals surface area contributed by atoms with E-state index in [4.69, 9.17) is 69.1 Å². The number of ether oxygens (including phenoxy) is 10. The predicted octanol–water partition coefficient (Wildman–Crippen LogP) is 15.4. The molecule has 3 amide bonds. The van der Waals surface area contributed by atoms with Crippen molar-refractivity contribution in [2.75, 3.05) is 72.5 Å². The third-order valence-corrected chi connectivity index (χ3v) is 24.3. The van der Waals surface area contributed by atoms with Gasteiger partial charge >= 0.3 is 18.1 Å². The number of nitrogens with two attached hydrogens (primary N) is 1. The molecule has 7 aromatic carbocycles. The molecule has 656 valence electrons. The van der Waals surface area contributed by atoms with E-state index < -0.39 is 72.3 Å². The van der Waals surface area contributed by atoms with E-state index in [1.807, 2.05) is 104 Å². The Morgan fingerprint density at radius 2 is 0.752 bits per heavy atom. The zero-order chi connectivity index (χ0) is 81.1. The minimum atomic E-state index is -3.96. The lowest BCUT2D eigenvalue weighted by molar-refractivity contribution is -0.151. The van der Waals surface area contributed by atoms with Crippen LogP contribution in [0.3, 0.4) is 0 Å². The van der Waals surface area contributed by atoms with Gasteiger partial charge in [-0.2, -0.15) is 8.78 Å². The summed E-state index contributed by atoms with van der Waals surface area (Å²) in [6.45, 7) is 7.80. The second kappa shape index (κ2) is 42.4. The number of rotatable bonds is 24. The number of hydrogen-bond acceptors (Lipinski definition) is 22. The van der Waals surface area contributed by atoms with Gasteiger partial charge in [-0.25, -0.2) is 9.59 Å². The second-order valence-corrected chi connectivity index (χ2v) is 31.9. The fourth-order valence-corrected chi connectivity index (χ4v) is 18.1. The van der Waals surface area contributed by atoms with Crippen molar-refractivity contribution in [1.29, 1.82) is 0 Å². The van der Waals surface area contributed by atoms with Gasteiger partial charge in [0.25, 0.3) is 5.91 Å². The Balaban J connectivity index is 0.000000158.